The quantitative estimate of drug-likeness (QED) is 0.390. The van der Waals surface area contributed by atoms with E-state index in [0.717, 1.165) is 32.1 Å². The van der Waals surface area contributed by atoms with Crippen LogP contribution in [0.2, 0.25) is 0 Å². The number of carbonyl (C=O) groups is 1. The second-order valence-electron chi connectivity index (χ2n) is 9.10. The van der Waals surface area contributed by atoms with E-state index in [-0.39, 0.29) is 22.8 Å². The Labute approximate surface area is 208 Å². The summed E-state index contributed by atoms with van der Waals surface area (Å²) in [5.41, 5.74) is 3.86. The van der Waals surface area contributed by atoms with Gasteiger partial charge in [0.1, 0.15) is 0 Å². The number of nitrogens with zero attached hydrogens (tertiary/aromatic N) is 1. The molecule has 0 bridgehead atoms. The lowest BCUT2D eigenvalue weighted by Crippen LogP contribution is -2.42. The number of aromatic nitrogens is 1. The maximum atomic E-state index is 12.8. The number of rotatable bonds is 11. The molecule has 2 unspecified atom stereocenters. The summed E-state index contributed by atoms with van der Waals surface area (Å²) in [4.78, 5) is 17.3. The van der Waals surface area contributed by atoms with Crippen LogP contribution in [0.4, 0.5) is 0 Å². The van der Waals surface area contributed by atoms with Gasteiger partial charge in [-0.05, 0) is 67.0 Å². The van der Waals surface area contributed by atoms with Crippen LogP contribution in [0, 0.1) is 0 Å². The SMILES string of the molecule is O=C(CCCCCNS(=O)(=O)c1ccccc1)NC1CCc2ccccc2C1Cc1cccnc1. The van der Waals surface area contributed by atoms with Crippen molar-refractivity contribution < 1.29 is 13.2 Å². The zero-order valence-corrected chi connectivity index (χ0v) is 20.7. The summed E-state index contributed by atoms with van der Waals surface area (Å²) >= 11 is 0. The Kier molecular flexibility index (Phi) is 8.66. The fourth-order valence-corrected chi connectivity index (χ4v) is 5.90. The predicted octanol–water partition coefficient (Wildman–Crippen LogP) is 4.38. The lowest BCUT2D eigenvalue weighted by Gasteiger charge is -2.34. The highest BCUT2D eigenvalue weighted by Crippen LogP contribution is 2.34. The van der Waals surface area contributed by atoms with Crippen LogP contribution < -0.4 is 10.0 Å². The Morgan fingerprint density at radius 2 is 1.74 bits per heavy atom. The molecule has 1 aliphatic rings. The molecule has 1 heterocycles. The van der Waals surface area contributed by atoms with Crippen molar-refractivity contribution in [1.82, 2.24) is 15.0 Å². The summed E-state index contributed by atoms with van der Waals surface area (Å²) < 4.78 is 27.2. The molecule has 184 valence electrons. The van der Waals surface area contributed by atoms with Gasteiger partial charge in [-0.1, -0.05) is 55.0 Å². The van der Waals surface area contributed by atoms with Crippen LogP contribution in [-0.4, -0.2) is 31.9 Å². The standard InChI is InChI=1S/C28H33N3O3S/c32-28(15-5-2-8-19-30-35(33,34)24-12-3-1-4-13-24)31-27-17-16-23-11-6-7-14-25(23)26(27)20-22-10-9-18-29-21-22/h1,3-4,6-7,9-14,18,21,26-27,30H,2,5,8,15-17,19-20H2,(H,31,32). The van der Waals surface area contributed by atoms with E-state index in [0.29, 0.717) is 19.4 Å². The topological polar surface area (TPSA) is 88.2 Å². The zero-order chi connectivity index (χ0) is 24.5. The lowest BCUT2D eigenvalue weighted by molar-refractivity contribution is -0.122. The summed E-state index contributed by atoms with van der Waals surface area (Å²) in [6, 6.07) is 21.0. The molecule has 7 heteroatoms. The molecule has 1 amide bonds. The highest BCUT2D eigenvalue weighted by Gasteiger charge is 2.30. The van der Waals surface area contributed by atoms with E-state index in [4.69, 9.17) is 0 Å². The van der Waals surface area contributed by atoms with E-state index >= 15 is 0 Å². The van der Waals surface area contributed by atoms with E-state index in [1.165, 1.54) is 16.7 Å². The molecule has 0 aliphatic heterocycles. The molecule has 35 heavy (non-hydrogen) atoms. The minimum Gasteiger partial charge on any atom is -0.353 e. The van der Waals surface area contributed by atoms with E-state index in [1.54, 1.807) is 36.5 Å². The third-order valence-corrected chi connectivity index (χ3v) is 8.09. The molecule has 6 nitrogen and oxygen atoms in total. The number of pyridine rings is 1. The summed E-state index contributed by atoms with van der Waals surface area (Å²) in [6.07, 6.45) is 9.08. The van der Waals surface area contributed by atoms with Crippen molar-refractivity contribution >= 4 is 15.9 Å². The molecule has 0 spiro atoms. The number of benzene rings is 2. The summed E-state index contributed by atoms with van der Waals surface area (Å²) in [5.74, 6) is 0.288. The Bertz CT molecular complexity index is 1200. The lowest BCUT2D eigenvalue weighted by atomic mass is 9.76. The third kappa shape index (κ3) is 6.99. The van der Waals surface area contributed by atoms with Crippen LogP contribution in [0.15, 0.2) is 84.0 Å². The molecule has 0 saturated heterocycles. The molecule has 0 fully saturated rings. The maximum absolute atomic E-state index is 12.8. The number of fused-ring (bicyclic) bond motifs is 1. The van der Waals surface area contributed by atoms with Gasteiger partial charge in [-0.25, -0.2) is 13.1 Å². The second-order valence-corrected chi connectivity index (χ2v) is 10.9. The zero-order valence-electron chi connectivity index (χ0n) is 19.9. The van der Waals surface area contributed by atoms with Crippen molar-refractivity contribution in [3.63, 3.8) is 0 Å². The van der Waals surface area contributed by atoms with E-state index < -0.39 is 10.0 Å². The molecule has 1 aromatic heterocycles. The van der Waals surface area contributed by atoms with Crippen molar-refractivity contribution in [3.05, 3.63) is 95.8 Å². The molecule has 1 aliphatic carbocycles. The maximum Gasteiger partial charge on any atom is 0.240 e. The highest BCUT2D eigenvalue weighted by molar-refractivity contribution is 7.89. The van der Waals surface area contributed by atoms with E-state index in [2.05, 4.69) is 45.4 Å². The first-order chi connectivity index (χ1) is 17.0. The van der Waals surface area contributed by atoms with Crippen LogP contribution >= 0.6 is 0 Å². The number of hydrogen-bond donors (Lipinski definition) is 2. The van der Waals surface area contributed by atoms with Gasteiger partial charge in [-0.15, -0.1) is 0 Å². The summed E-state index contributed by atoms with van der Waals surface area (Å²) in [7, 11) is -3.47. The minimum absolute atomic E-state index is 0.0652. The van der Waals surface area contributed by atoms with Gasteiger partial charge < -0.3 is 5.32 Å². The Hall–Kier alpha value is -3.03. The van der Waals surface area contributed by atoms with E-state index in [1.807, 2.05) is 12.3 Å². The van der Waals surface area contributed by atoms with Crippen LogP contribution in [0.5, 0.6) is 0 Å². The van der Waals surface area contributed by atoms with E-state index in [9.17, 15) is 13.2 Å². The largest absolute Gasteiger partial charge is 0.353 e. The molecule has 3 aromatic rings. The van der Waals surface area contributed by atoms with Gasteiger partial charge in [0.25, 0.3) is 0 Å². The van der Waals surface area contributed by atoms with Crippen molar-refractivity contribution in [2.45, 2.75) is 61.8 Å². The summed E-state index contributed by atoms with van der Waals surface area (Å²) in [6.45, 7) is 0.367. The number of unbranched alkanes of at least 4 members (excludes halogenated alkanes) is 2. The molecular weight excluding hydrogens is 458 g/mol. The van der Waals surface area contributed by atoms with Gasteiger partial charge in [0, 0.05) is 37.3 Å². The first-order valence-corrected chi connectivity index (χ1v) is 13.8. The average Bonchev–Trinajstić information content (AvgIpc) is 2.88. The third-order valence-electron chi connectivity index (χ3n) is 6.62. The van der Waals surface area contributed by atoms with Crippen LogP contribution in [0.25, 0.3) is 0 Å². The van der Waals surface area contributed by atoms with Crippen LogP contribution in [0.1, 0.15) is 54.7 Å². The fraction of sp³-hybridized carbons (Fsp3) is 0.357. The number of hydrogen-bond acceptors (Lipinski definition) is 4. The van der Waals surface area contributed by atoms with Crippen molar-refractivity contribution in [3.8, 4) is 0 Å². The molecule has 4 rings (SSSR count). The van der Waals surface area contributed by atoms with Gasteiger partial charge >= 0.3 is 0 Å². The highest BCUT2D eigenvalue weighted by atomic mass is 32.2. The molecular formula is C28H33N3O3S. The molecule has 0 radical (unpaired) electrons. The minimum atomic E-state index is -3.47. The fourth-order valence-electron chi connectivity index (χ4n) is 4.81. The smallest absolute Gasteiger partial charge is 0.240 e. The van der Waals surface area contributed by atoms with Crippen molar-refractivity contribution in [2.75, 3.05) is 6.54 Å². The normalized spacial score (nSPS) is 17.5. The van der Waals surface area contributed by atoms with Crippen LogP contribution in [0.3, 0.4) is 0 Å². The first-order valence-electron chi connectivity index (χ1n) is 12.3. The number of aryl methyl sites for hydroxylation is 1. The van der Waals surface area contributed by atoms with Crippen LogP contribution in [-0.2, 0) is 27.7 Å². The number of sulfonamides is 1. The predicted molar refractivity (Wildman–Crippen MR) is 137 cm³/mol. The summed E-state index contributed by atoms with van der Waals surface area (Å²) in [5, 5.41) is 3.30. The molecule has 2 atom stereocenters. The van der Waals surface area contributed by atoms with Gasteiger partial charge in [-0.3, -0.25) is 9.78 Å². The number of amides is 1. The molecule has 0 saturated carbocycles. The second kappa shape index (κ2) is 12.1. The number of nitrogens with one attached hydrogen (secondary N) is 2. The van der Waals surface area contributed by atoms with Gasteiger partial charge in [0.05, 0.1) is 4.90 Å². The van der Waals surface area contributed by atoms with Gasteiger partial charge in [0.2, 0.25) is 15.9 Å². The average molecular weight is 492 g/mol. The van der Waals surface area contributed by atoms with Gasteiger partial charge in [0.15, 0.2) is 0 Å². The van der Waals surface area contributed by atoms with Gasteiger partial charge in [-0.2, -0.15) is 0 Å². The van der Waals surface area contributed by atoms with Crippen molar-refractivity contribution in [2.24, 2.45) is 0 Å². The Morgan fingerprint density at radius 1 is 0.943 bits per heavy atom. The Balaban J connectivity index is 1.25. The Morgan fingerprint density at radius 3 is 2.54 bits per heavy atom. The first kappa shape index (κ1) is 25.1. The monoisotopic (exact) mass is 491 g/mol. The van der Waals surface area contributed by atoms with Crippen molar-refractivity contribution in [1.29, 1.82) is 0 Å². The number of carbonyl (C=O) groups excluding carboxylic acids is 1. The molecule has 2 aromatic carbocycles. The molecule has 2 N–H and O–H groups in total.